The lowest BCUT2D eigenvalue weighted by Gasteiger charge is -2.30. The lowest BCUT2D eigenvalue weighted by molar-refractivity contribution is -0.143. The average Bonchev–Trinajstić information content (AvgIpc) is 2.71. The van der Waals surface area contributed by atoms with Gasteiger partial charge in [-0.2, -0.15) is 0 Å². The van der Waals surface area contributed by atoms with Crippen molar-refractivity contribution < 1.29 is 19.1 Å². The molecule has 0 radical (unpaired) electrons. The summed E-state index contributed by atoms with van der Waals surface area (Å²) in [6.45, 7) is 23.1. The molecule has 4 atom stereocenters. The van der Waals surface area contributed by atoms with E-state index in [9.17, 15) is 9.59 Å². The Morgan fingerprint density at radius 3 is 2.03 bits per heavy atom. The molecule has 4 nitrogen and oxygen atoms in total. The van der Waals surface area contributed by atoms with Crippen LogP contribution in [0.5, 0.6) is 0 Å². The zero-order chi connectivity index (χ0) is 23.7. The van der Waals surface area contributed by atoms with E-state index in [0.29, 0.717) is 23.3 Å². The molecule has 0 saturated heterocycles. The Hall–Kier alpha value is -2.36. The van der Waals surface area contributed by atoms with Crippen LogP contribution in [0, 0.1) is 17.8 Å². The summed E-state index contributed by atoms with van der Waals surface area (Å²) in [5.41, 5.74) is 3.90. The van der Waals surface area contributed by atoms with Crippen LogP contribution in [0.25, 0.3) is 0 Å². The predicted octanol–water partition coefficient (Wildman–Crippen LogP) is 6.50. The Kier molecular flexibility index (Phi) is 10.7. The van der Waals surface area contributed by atoms with Gasteiger partial charge in [0.1, 0.15) is 12.2 Å². The summed E-state index contributed by atoms with van der Waals surface area (Å²) in [5.74, 6) is 1.06. The van der Waals surface area contributed by atoms with Crippen LogP contribution in [-0.2, 0) is 19.1 Å². The SMILES string of the molecule is C=C(C)C(=O)O[C@@H]1C[C@@H](C(=C)C)CC=C1C.C=CC(=O)O[C@@H]1C[C@H](C(C)C)CC=C1C. The lowest BCUT2D eigenvalue weighted by Crippen LogP contribution is -2.27. The molecule has 0 aromatic rings. The van der Waals surface area contributed by atoms with E-state index in [0.717, 1.165) is 36.8 Å². The van der Waals surface area contributed by atoms with E-state index in [4.69, 9.17) is 9.47 Å². The Morgan fingerprint density at radius 1 is 1.00 bits per heavy atom. The van der Waals surface area contributed by atoms with E-state index in [1.54, 1.807) is 6.92 Å². The molecule has 0 aromatic heterocycles. The Bertz CT molecular complexity index is 753. The van der Waals surface area contributed by atoms with Crippen LogP contribution in [0.4, 0.5) is 0 Å². The van der Waals surface area contributed by atoms with Crippen LogP contribution in [0.3, 0.4) is 0 Å². The van der Waals surface area contributed by atoms with E-state index < -0.39 is 0 Å². The first-order chi connectivity index (χ1) is 14.5. The smallest absolute Gasteiger partial charge is 0.333 e. The van der Waals surface area contributed by atoms with Crippen molar-refractivity contribution in [2.24, 2.45) is 17.8 Å². The normalized spacial score (nSPS) is 25.3. The fourth-order valence-electron chi connectivity index (χ4n) is 3.67. The van der Waals surface area contributed by atoms with Crippen molar-refractivity contribution in [2.45, 2.75) is 79.4 Å². The Morgan fingerprint density at radius 2 is 1.55 bits per heavy atom. The van der Waals surface area contributed by atoms with Crippen molar-refractivity contribution in [1.82, 2.24) is 0 Å². The molecule has 172 valence electrons. The van der Waals surface area contributed by atoms with E-state index in [2.05, 4.69) is 45.7 Å². The highest BCUT2D eigenvalue weighted by atomic mass is 16.5. The summed E-state index contributed by atoms with van der Waals surface area (Å²) in [7, 11) is 0. The maximum atomic E-state index is 11.5. The number of esters is 2. The third kappa shape index (κ3) is 8.72. The molecule has 0 aliphatic heterocycles. The van der Waals surface area contributed by atoms with Crippen molar-refractivity contribution in [3.05, 3.63) is 60.3 Å². The number of allylic oxidation sites excluding steroid dienone is 3. The van der Waals surface area contributed by atoms with Crippen molar-refractivity contribution in [2.75, 3.05) is 0 Å². The Labute approximate surface area is 188 Å². The van der Waals surface area contributed by atoms with Crippen LogP contribution < -0.4 is 0 Å². The topological polar surface area (TPSA) is 52.6 Å². The van der Waals surface area contributed by atoms with Gasteiger partial charge in [-0.25, -0.2) is 9.59 Å². The standard InChI is InChI=1S/C14H20O2.C13H20O2/c1-9(2)12-7-6-11(5)13(8-12)16-14(15)10(3)4;1-5-13(14)15-12-8-11(9(2)3)7-6-10(12)4/h6,12-13H,1,3,7-8H2,2,4-5H3;5-6,9,11-12H,1,7-8H2,2-4H3/t12-,13+;11-,12-/m01/s1. The lowest BCUT2D eigenvalue weighted by atomic mass is 9.81. The van der Waals surface area contributed by atoms with Crippen molar-refractivity contribution in [1.29, 1.82) is 0 Å². The second-order valence-electron chi connectivity index (χ2n) is 9.19. The zero-order valence-corrected chi connectivity index (χ0v) is 20.2. The van der Waals surface area contributed by atoms with E-state index in [-0.39, 0.29) is 24.1 Å². The minimum Gasteiger partial charge on any atom is -0.455 e. The van der Waals surface area contributed by atoms with Gasteiger partial charge in [-0.3, -0.25) is 0 Å². The summed E-state index contributed by atoms with van der Waals surface area (Å²) in [4.78, 5) is 22.6. The van der Waals surface area contributed by atoms with E-state index in [1.165, 1.54) is 11.6 Å². The highest BCUT2D eigenvalue weighted by Crippen LogP contribution is 2.31. The minimum atomic E-state index is -0.322. The first-order valence-electron chi connectivity index (χ1n) is 11.1. The molecule has 0 spiro atoms. The fourth-order valence-corrected chi connectivity index (χ4v) is 3.67. The second-order valence-corrected chi connectivity index (χ2v) is 9.19. The molecule has 0 N–H and O–H groups in total. The first-order valence-corrected chi connectivity index (χ1v) is 11.1. The van der Waals surface area contributed by atoms with Gasteiger partial charge in [0.05, 0.1) is 0 Å². The zero-order valence-electron chi connectivity index (χ0n) is 20.2. The minimum absolute atomic E-state index is 0.0448. The van der Waals surface area contributed by atoms with Gasteiger partial charge in [0.15, 0.2) is 0 Å². The monoisotopic (exact) mass is 428 g/mol. The molecule has 0 bridgehead atoms. The van der Waals surface area contributed by atoms with Gasteiger partial charge in [-0.1, -0.05) is 51.3 Å². The van der Waals surface area contributed by atoms with E-state index in [1.807, 2.05) is 20.8 Å². The van der Waals surface area contributed by atoms with Crippen molar-refractivity contribution in [3.8, 4) is 0 Å². The fraction of sp³-hybridized carbons (Fsp3) is 0.556. The third-order valence-electron chi connectivity index (χ3n) is 6.16. The molecule has 4 heteroatoms. The maximum Gasteiger partial charge on any atom is 0.333 e. The molecule has 0 saturated carbocycles. The predicted molar refractivity (Wildman–Crippen MR) is 127 cm³/mol. The molecule has 2 rings (SSSR count). The van der Waals surface area contributed by atoms with Gasteiger partial charge in [-0.15, -0.1) is 0 Å². The summed E-state index contributed by atoms with van der Waals surface area (Å²) >= 11 is 0. The van der Waals surface area contributed by atoms with Crippen LogP contribution in [0.2, 0.25) is 0 Å². The van der Waals surface area contributed by atoms with Crippen LogP contribution >= 0.6 is 0 Å². The molecule has 31 heavy (non-hydrogen) atoms. The molecule has 2 aliphatic rings. The van der Waals surface area contributed by atoms with Gasteiger partial charge in [-0.05, 0) is 82.3 Å². The number of rotatable bonds is 6. The summed E-state index contributed by atoms with van der Waals surface area (Å²) in [6, 6.07) is 0. The number of carbonyl (C=O) groups excluding carboxylic acids is 2. The van der Waals surface area contributed by atoms with E-state index >= 15 is 0 Å². The van der Waals surface area contributed by atoms with Gasteiger partial charge in [0, 0.05) is 11.6 Å². The van der Waals surface area contributed by atoms with Crippen molar-refractivity contribution in [3.63, 3.8) is 0 Å². The molecular weight excluding hydrogens is 388 g/mol. The summed E-state index contributed by atoms with van der Waals surface area (Å²) in [6.07, 6.45) is 9.29. The van der Waals surface area contributed by atoms with Crippen LogP contribution in [0.15, 0.2) is 60.3 Å². The van der Waals surface area contributed by atoms with Crippen LogP contribution in [-0.4, -0.2) is 24.1 Å². The number of carbonyl (C=O) groups is 2. The number of hydrogen-bond donors (Lipinski definition) is 0. The largest absolute Gasteiger partial charge is 0.455 e. The molecular formula is C27H40O4. The van der Waals surface area contributed by atoms with Crippen molar-refractivity contribution >= 4 is 11.9 Å². The van der Waals surface area contributed by atoms with Gasteiger partial charge in [0.25, 0.3) is 0 Å². The molecule has 0 aromatic carbocycles. The molecule has 0 fully saturated rings. The molecule has 2 aliphatic carbocycles. The average molecular weight is 429 g/mol. The summed E-state index contributed by atoms with van der Waals surface area (Å²) < 4.78 is 10.7. The third-order valence-corrected chi connectivity index (χ3v) is 6.16. The quantitative estimate of drug-likeness (QED) is 0.275. The highest BCUT2D eigenvalue weighted by molar-refractivity contribution is 5.87. The Balaban J connectivity index is 0.000000311. The first kappa shape index (κ1) is 26.7. The molecule has 0 amide bonds. The molecule has 0 unspecified atom stereocenters. The summed E-state index contributed by atoms with van der Waals surface area (Å²) in [5, 5.41) is 0. The maximum absolute atomic E-state index is 11.5. The van der Waals surface area contributed by atoms with Gasteiger partial charge in [0.2, 0.25) is 0 Å². The second kappa shape index (κ2) is 12.5. The number of hydrogen-bond acceptors (Lipinski definition) is 4. The molecule has 0 heterocycles. The number of ether oxygens (including phenoxy) is 2. The highest BCUT2D eigenvalue weighted by Gasteiger charge is 2.26. The van der Waals surface area contributed by atoms with Gasteiger partial charge < -0.3 is 9.47 Å². The van der Waals surface area contributed by atoms with Gasteiger partial charge >= 0.3 is 11.9 Å². The van der Waals surface area contributed by atoms with Crippen LogP contribution in [0.1, 0.15) is 67.2 Å².